The maximum Gasteiger partial charge on any atom is 0.243 e. The first-order valence-corrected chi connectivity index (χ1v) is 20.7. The van der Waals surface area contributed by atoms with Crippen LogP contribution in [0.25, 0.3) is 21.0 Å². The van der Waals surface area contributed by atoms with Crippen molar-refractivity contribution in [2.75, 3.05) is 19.6 Å². The summed E-state index contributed by atoms with van der Waals surface area (Å²) in [6.45, 7) is 1.55. The number of rotatable bonds is 19. The molecular formula is C43H53N9O5S. The predicted molar refractivity (Wildman–Crippen MR) is 227 cm³/mol. The second-order valence-corrected chi connectivity index (χ2v) is 15.9. The van der Waals surface area contributed by atoms with Gasteiger partial charge in [-0.25, -0.2) is 0 Å². The summed E-state index contributed by atoms with van der Waals surface area (Å²) in [4.78, 5) is 72.6. The van der Waals surface area contributed by atoms with Crippen LogP contribution in [0.1, 0.15) is 48.8 Å². The summed E-state index contributed by atoms with van der Waals surface area (Å²) in [5.74, 6) is -2.96. The molecule has 5 amide bonds. The number of carbonyl (C=O) groups is 5. The van der Waals surface area contributed by atoms with E-state index in [2.05, 4.69) is 31.6 Å². The smallest absolute Gasteiger partial charge is 0.243 e. The molecule has 1 saturated heterocycles. The van der Waals surface area contributed by atoms with E-state index in [1.807, 2.05) is 84.2 Å². The van der Waals surface area contributed by atoms with Crippen molar-refractivity contribution in [2.45, 2.75) is 81.1 Å². The Kier molecular flexibility index (Phi) is 14.3. The number of benzene rings is 3. The molecule has 6 rings (SSSR count). The molecule has 3 aromatic carbocycles. The summed E-state index contributed by atoms with van der Waals surface area (Å²) >= 11 is 1.54. The van der Waals surface area contributed by atoms with Crippen molar-refractivity contribution in [3.63, 3.8) is 0 Å². The Morgan fingerprint density at radius 3 is 1.97 bits per heavy atom. The minimum absolute atomic E-state index is 0.0544. The summed E-state index contributed by atoms with van der Waals surface area (Å²) < 4.78 is 1.04. The van der Waals surface area contributed by atoms with Crippen LogP contribution >= 0.6 is 11.3 Å². The van der Waals surface area contributed by atoms with E-state index < -0.39 is 59.2 Å². The van der Waals surface area contributed by atoms with Crippen molar-refractivity contribution in [1.82, 2.24) is 31.6 Å². The second kappa shape index (κ2) is 19.7. The zero-order valence-electron chi connectivity index (χ0n) is 32.4. The number of thiophene rings is 1. The molecule has 15 heteroatoms. The lowest BCUT2D eigenvalue weighted by atomic mass is 9.88. The van der Waals surface area contributed by atoms with E-state index in [0.29, 0.717) is 45.3 Å². The van der Waals surface area contributed by atoms with Gasteiger partial charge in [-0.05, 0) is 91.3 Å². The lowest BCUT2D eigenvalue weighted by Crippen LogP contribution is -2.63. The highest BCUT2D eigenvalue weighted by atomic mass is 32.1. The summed E-state index contributed by atoms with van der Waals surface area (Å²) in [5, 5.41) is 18.6. The molecule has 14 nitrogen and oxygen atoms in total. The molecule has 0 saturated carbocycles. The molecule has 2 aromatic heterocycles. The molecule has 0 aliphatic carbocycles. The van der Waals surface area contributed by atoms with Gasteiger partial charge in [0.05, 0.1) is 5.54 Å². The predicted octanol–water partition coefficient (Wildman–Crippen LogP) is 2.04. The van der Waals surface area contributed by atoms with Crippen molar-refractivity contribution in [3.8, 4) is 0 Å². The van der Waals surface area contributed by atoms with Gasteiger partial charge in [0.15, 0.2) is 0 Å². The molecule has 58 heavy (non-hydrogen) atoms. The number of nitrogens with one attached hydrogen (secondary N) is 6. The highest BCUT2D eigenvalue weighted by Gasteiger charge is 2.38. The third-order valence-electron chi connectivity index (χ3n) is 10.8. The molecule has 0 spiro atoms. The molecule has 0 radical (unpaired) electrons. The van der Waals surface area contributed by atoms with E-state index in [1.54, 1.807) is 17.5 Å². The van der Waals surface area contributed by atoms with E-state index in [-0.39, 0.29) is 25.7 Å². The quantitative estimate of drug-likeness (QED) is 0.0559. The number of piperidine rings is 1. The first kappa shape index (κ1) is 42.0. The second-order valence-electron chi connectivity index (χ2n) is 15.0. The van der Waals surface area contributed by atoms with Crippen molar-refractivity contribution in [2.24, 2.45) is 17.2 Å². The standard InChI is InChI=1S/C43H53N9O5S/c44-19-9-8-15-33(38(45)53)49-39(54)34(22-27-10-2-1-3-11-27)50-40(55)35(23-28-25-48-32-14-6-4-12-30(28)32)51-41(56)36(52-42(57)43(46)17-20-47-21-18-43)24-29-26-58-37-16-7-5-13-31(29)37/h1-7,10-14,16,25-26,33-36,47-48H,8-9,15,17-24,44,46H2,(H2,45,53)(H,49,54)(H,50,55)(H,51,56)(H,52,57)/t33-,34-,35+,36+/m0/s1. The highest BCUT2D eigenvalue weighted by Crippen LogP contribution is 2.27. The van der Waals surface area contributed by atoms with Crippen LogP contribution < -0.4 is 43.8 Å². The zero-order chi connectivity index (χ0) is 41.1. The fraction of sp³-hybridized carbons (Fsp3) is 0.372. The minimum Gasteiger partial charge on any atom is -0.368 e. The summed E-state index contributed by atoms with van der Waals surface area (Å²) in [5.41, 5.74) is 20.0. The lowest BCUT2D eigenvalue weighted by Gasteiger charge is -2.34. The molecule has 12 N–H and O–H groups in total. The summed E-state index contributed by atoms with van der Waals surface area (Å²) in [7, 11) is 0. The van der Waals surface area contributed by atoms with E-state index >= 15 is 0 Å². The van der Waals surface area contributed by atoms with Crippen LogP contribution in [0.15, 0.2) is 90.4 Å². The fourth-order valence-electron chi connectivity index (χ4n) is 7.41. The Hall–Kier alpha value is -5.61. The number of aromatic amines is 1. The largest absolute Gasteiger partial charge is 0.368 e. The average Bonchev–Trinajstić information content (AvgIpc) is 3.84. The molecule has 0 bridgehead atoms. The number of amides is 5. The number of nitrogens with two attached hydrogens (primary N) is 3. The Balaban J connectivity index is 1.30. The highest BCUT2D eigenvalue weighted by molar-refractivity contribution is 7.17. The van der Waals surface area contributed by atoms with Crippen LogP contribution in [-0.4, -0.2) is 83.9 Å². The summed E-state index contributed by atoms with van der Waals surface area (Å²) in [6, 6.07) is 20.2. The van der Waals surface area contributed by atoms with Crippen LogP contribution in [0.4, 0.5) is 0 Å². The van der Waals surface area contributed by atoms with Gasteiger partial charge in [0.1, 0.15) is 24.2 Å². The van der Waals surface area contributed by atoms with Crippen molar-refractivity contribution < 1.29 is 24.0 Å². The number of hydrogen-bond donors (Lipinski definition) is 9. The molecule has 306 valence electrons. The molecule has 0 unspecified atom stereocenters. The molecule has 1 aliphatic rings. The SMILES string of the molecule is NCCCC[C@H](NC(=O)[C@H](Cc1ccccc1)NC(=O)[C@@H](Cc1c[nH]c2ccccc12)NC(=O)[C@@H](Cc1csc2ccccc12)NC(=O)C1(N)CCNCC1)C(N)=O. The first-order valence-electron chi connectivity index (χ1n) is 19.8. The van der Waals surface area contributed by atoms with Gasteiger partial charge >= 0.3 is 0 Å². The Bertz CT molecular complexity index is 2200. The van der Waals surface area contributed by atoms with Gasteiger partial charge in [-0.1, -0.05) is 66.7 Å². The molecule has 4 atom stereocenters. The Morgan fingerprint density at radius 2 is 1.28 bits per heavy atom. The number of hydrogen-bond acceptors (Lipinski definition) is 9. The number of carbonyl (C=O) groups excluding carboxylic acids is 5. The van der Waals surface area contributed by atoms with Gasteiger partial charge in [0.25, 0.3) is 0 Å². The first-order chi connectivity index (χ1) is 28.0. The third kappa shape index (κ3) is 10.7. The van der Waals surface area contributed by atoms with E-state index in [1.165, 1.54) is 0 Å². The number of primary amides is 1. The molecule has 1 fully saturated rings. The number of para-hydroxylation sites is 1. The van der Waals surface area contributed by atoms with E-state index in [4.69, 9.17) is 17.2 Å². The van der Waals surface area contributed by atoms with Gasteiger partial charge in [0.2, 0.25) is 29.5 Å². The topological polar surface area (TPSA) is 239 Å². The lowest BCUT2D eigenvalue weighted by molar-refractivity contribution is -0.135. The minimum atomic E-state index is -1.20. The summed E-state index contributed by atoms with van der Waals surface area (Å²) in [6.07, 6.45) is 4.38. The Labute approximate surface area is 341 Å². The normalized spacial score (nSPS) is 15.8. The monoisotopic (exact) mass is 807 g/mol. The van der Waals surface area contributed by atoms with Crippen LogP contribution in [0, 0.1) is 0 Å². The third-order valence-corrected chi connectivity index (χ3v) is 11.8. The van der Waals surface area contributed by atoms with Gasteiger partial charge in [-0.2, -0.15) is 0 Å². The van der Waals surface area contributed by atoms with Gasteiger partial charge in [-0.15, -0.1) is 11.3 Å². The van der Waals surface area contributed by atoms with Crippen LogP contribution in [0.3, 0.4) is 0 Å². The molecule has 3 heterocycles. The van der Waals surface area contributed by atoms with Crippen LogP contribution in [0.2, 0.25) is 0 Å². The van der Waals surface area contributed by atoms with E-state index in [9.17, 15) is 24.0 Å². The van der Waals surface area contributed by atoms with E-state index in [0.717, 1.165) is 37.7 Å². The van der Waals surface area contributed by atoms with Crippen molar-refractivity contribution >= 4 is 61.9 Å². The zero-order valence-corrected chi connectivity index (χ0v) is 33.2. The maximum absolute atomic E-state index is 14.6. The van der Waals surface area contributed by atoms with Gasteiger partial charge in [-0.3, -0.25) is 24.0 Å². The fourth-order valence-corrected chi connectivity index (χ4v) is 8.38. The number of unbranched alkanes of at least 4 members (excludes halogenated alkanes) is 1. The van der Waals surface area contributed by atoms with Crippen molar-refractivity contribution in [3.05, 3.63) is 107 Å². The average molecular weight is 808 g/mol. The molecule has 1 aliphatic heterocycles. The maximum atomic E-state index is 14.6. The van der Waals surface area contributed by atoms with Crippen LogP contribution in [-0.2, 0) is 43.2 Å². The molecule has 5 aromatic rings. The van der Waals surface area contributed by atoms with Gasteiger partial charge in [0, 0.05) is 41.1 Å². The number of aromatic nitrogens is 1. The molecular weight excluding hydrogens is 755 g/mol. The van der Waals surface area contributed by atoms with Crippen molar-refractivity contribution in [1.29, 1.82) is 0 Å². The Morgan fingerprint density at radius 1 is 0.690 bits per heavy atom. The number of fused-ring (bicyclic) bond motifs is 2. The number of H-pyrrole nitrogens is 1. The van der Waals surface area contributed by atoms with Gasteiger partial charge < -0.3 is 48.8 Å². The van der Waals surface area contributed by atoms with Crippen LogP contribution in [0.5, 0.6) is 0 Å².